The van der Waals surface area contributed by atoms with E-state index in [9.17, 15) is 19.7 Å². The van der Waals surface area contributed by atoms with Gasteiger partial charge in [0.05, 0.1) is 17.1 Å². The molecule has 4 bridgehead atoms. The quantitative estimate of drug-likeness (QED) is 0.301. The maximum atomic E-state index is 12.8. The number of ether oxygens (including phenoxy) is 1. The van der Waals surface area contributed by atoms with Crippen molar-refractivity contribution >= 4 is 30.2 Å². The van der Waals surface area contributed by atoms with Crippen LogP contribution >= 0.6 is 12.6 Å². The van der Waals surface area contributed by atoms with Gasteiger partial charge in [0.15, 0.2) is 0 Å². The van der Waals surface area contributed by atoms with Gasteiger partial charge in [-0.15, -0.1) is 0 Å². The van der Waals surface area contributed by atoms with E-state index in [-0.39, 0.29) is 29.3 Å². The van der Waals surface area contributed by atoms with E-state index < -0.39 is 22.8 Å². The zero-order chi connectivity index (χ0) is 20.8. The number of rotatable bonds is 7. The Kier molecular flexibility index (Phi) is 5.30. The van der Waals surface area contributed by atoms with Crippen molar-refractivity contribution in [2.45, 2.75) is 57.0 Å². The highest BCUT2D eigenvalue weighted by Crippen LogP contribution is 2.58. The molecule has 0 unspecified atom stereocenters. The summed E-state index contributed by atoms with van der Waals surface area (Å²) in [6.07, 6.45) is 7.99. The van der Waals surface area contributed by atoms with Gasteiger partial charge >= 0.3 is 11.7 Å². The summed E-state index contributed by atoms with van der Waals surface area (Å²) >= 11 is 4.08. The van der Waals surface area contributed by atoms with Crippen molar-refractivity contribution in [2.75, 3.05) is 12.4 Å². The van der Waals surface area contributed by atoms with Gasteiger partial charge in [-0.3, -0.25) is 19.6 Å². The second kappa shape index (κ2) is 7.62. The van der Waals surface area contributed by atoms with Gasteiger partial charge in [0.2, 0.25) is 5.69 Å². The fraction of sp³-hybridized carbons (Fsp3) is 0.737. The van der Waals surface area contributed by atoms with Gasteiger partial charge in [0.1, 0.15) is 12.2 Å². The van der Waals surface area contributed by atoms with Crippen molar-refractivity contribution in [3.63, 3.8) is 0 Å². The van der Waals surface area contributed by atoms with Crippen LogP contribution in [0.4, 0.5) is 5.69 Å². The molecule has 1 aromatic rings. The molecule has 1 amide bonds. The van der Waals surface area contributed by atoms with Gasteiger partial charge in [-0.05, 0) is 63.2 Å². The fourth-order valence-corrected chi connectivity index (χ4v) is 6.14. The first kappa shape index (κ1) is 20.2. The Morgan fingerprint density at radius 2 is 1.93 bits per heavy atom. The molecule has 1 aromatic heterocycles. The molecule has 4 aliphatic carbocycles. The number of aromatic nitrogens is 2. The standard InChI is InChI=1S/C19H26N4O5S/c1-2-28-18(25)14(10-29)20-17(24)16-15(23(26)27)9-22(21-16)19-6-11-3-12(7-19)5-13(4-11)8-19/h9,11-14,29H,2-8,10H2,1H3,(H,20,24)/t11?,12?,13?,14-,19?/m0/s1. The van der Waals surface area contributed by atoms with Crippen LogP contribution in [0.5, 0.6) is 0 Å². The second-order valence-corrected chi connectivity index (χ2v) is 9.03. The van der Waals surface area contributed by atoms with Crippen molar-refractivity contribution in [3.05, 3.63) is 22.0 Å². The number of carbonyl (C=O) groups is 2. The lowest BCUT2D eigenvalue weighted by atomic mass is 9.53. The minimum atomic E-state index is -0.991. The Morgan fingerprint density at radius 3 is 2.41 bits per heavy atom. The molecule has 158 valence electrons. The van der Waals surface area contributed by atoms with Crippen LogP contribution in [-0.4, -0.2) is 45.0 Å². The Hall–Kier alpha value is -2.10. The molecule has 4 fully saturated rings. The number of esters is 1. The summed E-state index contributed by atoms with van der Waals surface area (Å²) in [7, 11) is 0. The van der Waals surface area contributed by atoms with Gasteiger partial charge in [-0.25, -0.2) is 4.79 Å². The van der Waals surface area contributed by atoms with Crippen LogP contribution in [0.2, 0.25) is 0 Å². The average molecular weight is 423 g/mol. The number of nitro groups is 1. The molecule has 0 radical (unpaired) electrons. The smallest absolute Gasteiger partial charge is 0.329 e. The molecule has 1 atom stereocenters. The summed E-state index contributed by atoms with van der Waals surface area (Å²) in [5.74, 6) is 0.553. The van der Waals surface area contributed by atoms with Crippen LogP contribution in [0, 0.1) is 27.9 Å². The monoisotopic (exact) mass is 422 g/mol. The number of amides is 1. The SMILES string of the molecule is CCOC(=O)[C@H](CS)NC(=O)c1nn(C23CC4CC(CC(C4)C2)C3)cc1[N+](=O)[O-]. The van der Waals surface area contributed by atoms with Crippen molar-refractivity contribution in [3.8, 4) is 0 Å². The largest absolute Gasteiger partial charge is 0.464 e. The minimum absolute atomic E-state index is 0.0219. The minimum Gasteiger partial charge on any atom is -0.464 e. The molecular formula is C19H26N4O5S. The van der Waals surface area contributed by atoms with Crippen LogP contribution in [0.3, 0.4) is 0 Å². The predicted octanol–water partition coefficient (Wildman–Crippen LogP) is 2.31. The lowest BCUT2D eigenvalue weighted by molar-refractivity contribution is -0.385. The number of thiol groups is 1. The molecule has 5 rings (SSSR count). The van der Waals surface area contributed by atoms with Crippen LogP contribution in [0.25, 0.3) is 0 Å². The molecule has 10 heteroatoms. The summed E-state index contributed by atoms with van der Waals surface area (Å²) in [6, 6.07) is -0.991. The van der Waals surface area contributed by atoms with Crippen molar-refractivity contribution < 1.29 is 19.2 Å². The van der Waals surface area contributed by atoms with E-state index in [4.69, 9.17) is 4.74 Å². The van der Waals surface area contributed by atoms with E-state index in [1.54, 1.807) is 11.6 Å². The van der Waals surface area contributed by atoms with E-state index in [0.717, 1.165) is 19.3 Å². The Bertz CT molecular complexity index is 803. The molecule has 9 nitrogen and oxygen atoms in total. The average Bonchev–Trinajstić information content (AvgIpc) is 3.12. The van der Waals surface area contributed by atoms with Gasteiger partial charge in [0, 0.05) is 5.75 Å². The lowest BCUT2D eigenvalue weighted by Gasteiger charge is -2.56. The van der Waals surface area contributed by atoms with Crippen LogP contribution in [0.15, 0.2) is 6.20 Å². The molecule has 0 spiro atoms. The third-order valence-corrected chi connectivity index (χ3v) is 7.02. The Morgan fingerprint density at radius 1 is 1.34 bits per heavy atom. The molecule has 4 aliphatic rings. The maximum Gasteiger partial charge on any atom is 0.329 e. The Balaban J connectivity index is 1.61. The molecule has 29 heavy (non-hydrogen) atoms. The molecule has 0 aliphatic heterocycles. The summed E-state index contributed by atoms with van der Waals surface area (Å²) in [4.78, 5) is 35.7. The number of nitrogens with one attached hydrogen (secondary N) is 1. The highest BCUT2D eigenvalue weighted by molar-refractivity contribution is 7.80. The molecule has 0 aromatic carbocycles. The molecule has 1 N–H and O–H groups in total. The molecule has 4 saturated carbocycles. The van der Waals surface area contributed by atoms with E-state index in [1.165, 1.54) is 25.5 Å². The molecule has 0 saturated heterocycles. The zero-order valence-corrected chi connectivity index (χ0v) is 17.3. The number of hydrogen-bond donors (Lipinski definition) is 2. The first-order valence-electron chi connectivity index (χ1n) is 10.2. The Labute approximate surface area is 174 Å². The van der Waals surface area contributed by atoms with Crippen molar-refractivity contribution in [2.24, 2.45) is 17.8 Å². The second-order valence-electron chi connectivity index (χ2n) is 8.67. The molecular weight excluding hydrogens is 396 g/mol. The predicted molar refractivity (Wildman–Crippen MR) is 107 cm³/mol. The topological polar surface area (TPSA) is 116 Å². The number of hydrogen-bond acceptors (Lipinski definition) is 7. The summed E-state index contributed by atoms with van der Waals surface area (Å²) < 4.78 is 6.60. The first-order chi connectivity index (χ1) is 13.8. The lowest BCUT2D eigenvalue weighted by Crippen LogP contribution is -2.52. The fourth-order valence-electron chi connectivity index (χ4n) is 5.90. The van der Waals surface area contributed by atoms with E-state index in [2.05, 4.69) is 23.0 Å². The zero-order valence-electron chi connectivity index (χ0n) is 16.4. The summed E-state index contributed by atoms with van der Waals surface area (Å²) in [6.45, 7) is 1.83. The van der Waals surface area contributed by atoms with Crippen LogP contribution in [0.1, 0.15) is 55.9 Å². The molecule has 1 heterocycles. The van der Waals surface area contributed by atoms with Gasteiger partial charge in [0.25, 0.3) is 5.91 Å². The van der Waals surface area contributed by atoms with Gasteiger partial charge < -0.3 is 10.1 Å². The first-order valence-corrected chi connectivity index (χ1v) is 10.8. The summed E-state index contributed by atoms with van der Waals surface area (Å²) in [5.41, 5.74) is -0.830. The summed E-state index contributed by atoms with van der Waals surface area (Å²) in [5, 5.41) is 18.5. The highest BCUT2D eigenvalue weighted by Gasteiger charge is 2.53. The number of carbonyl (C=O) groups excluding carboxylic acids is 2. The normalized spacial score (nSPS) is 30.8. The van der Waals surface area contributed by atoms with Crippen molar-refractivity contribution in [1.29, 1.82) is 0 Å². The van der Waals surface area contributed by atoms with E-state index in [0.29, 0.717) is 17.8 Å². The van der Waals surface area contributed by atoms with E-state index in [1.807, 2.05) is 0 Å². The maximum absolute atomic E-state index is 12.8. The van der Waals surface area contributed by atoms with Crippen LogP contribution < -0.4 is 5.32 Å². The third kappa shape index (κ3) is 3.62. The van der Waals surface area contributed by atoms with Crippen molar-refractivity contribution in [1.82, 2.24) is 15.1 Å². The number of nitrogens with zero attached hydrogens (tertiary/aromatic N) is 3. The van der Waals surface area contributed by atoms with Crippen LogP contribution in [-0.2, 0) is 15.1 Å². The third-order valence-electron chi connectivity index (χ3n) is 6.66. The van der Waals surface area contributed by atoms with E-state index >= 15 is 0 Å². The van der Waals surface area contributed by atoms with Gasteiger partial charge in [-0.2, -0.15) is 17.7 Å². The van der Waals surface area contributed by atoms with Gasteiger partial charge in [-0.1, -0.05) is 0 Å². The highest BCUT2D eigenvalue weighted by atomic mass is 32.1.